The minimum Gasteiger partial charge on any atom is -0.454 e. The highest BCUT2D eigenvalue weighted by Gasteiger charge is 2.08. The number of ether oxygens (including phenoxy) is 1. The zero-order valence-corrected chi connectivity index (χ0v) is 12.1. The van der Waals surface area contributed by atoms with Crippen LogP contribution in [0.3, 0.4) is 0 Å². The van der Waals surface area contributed by atoms with Crippen molar-refractivity contribution in [2.24, 2.45) is 0 Å². The molecule has 0 radical (unpaired) electrons. The van der Waals surface area contributed by atoms with Gasteiger partial charge in [-0.05, 0) is 43.3 Å². The first-order chi connectivity index (χ1) is 9.70. The Balaban J connectivity index is 2.20. The molecule has 4 heteroatoms. The van der Waals surface area contributed by atoms with Gasteiger partial charge in [-0.15, -0.1) is 0 Å². The molecule has 2 nitrogen and oxygen atoms in total. The van der Waals surface area contributed by atoms with E-state index in [9.17, 15) is 4.39 Å². The maximum Gasteiger partial charge on any atom is 0.165 e. The molecule has 1 N–H and O–H groups in total. The molecule has 2 rings (SSSR count). The molecule has 20 heavy (non-hydrogen) atoms. The number of nitrogens with one attached hydrogen (secondary N) is 1. The summed E-state index contributed by atoms with van der Waals surface area (Å²) in [6, 6.07) is 11.7. The van der Waals surface area contributed by atoms with E-state index in [0.717, 1.165) is 18.5 Å². The standard InChI is InChI=1S/C16H17ClFNO/c1-2-9-19-11-12-10-13(17)7-8-15(12)20-16-6-4-3-5-14(16)18/h3-8,10,19H,2,9,11H2,1H3. The van der Waals surface area contributed by atoms with Crippen LogP contribution in [0.4, 0.5) is 4.39 Å². The fourth-order valence-corrected chi connectivity index (χ4v) is 2.03. The molecule has 2 aromatic rings. The van der Waals surface area contributed by atoms with Gasteiger partial charge >= 0.3 is 0 Å². The minimum absolute atomic E-state index is 0.214. The van der Waals surface area contributed by atoms with Gasteiger partial charge in [0, 0.05) is 17.1 Å². The molecule has 2 aromatic carbocycles. The lowest BCUT2D eigenvalue weighted by Gasteiger charge is -2.12. The third kappa shape index (κ3) is 3.95. The molecule has 0 fully saturated rings. The smallest absolute Gasteiger partial charge is 0.165 e. The molecule has 0 saturated heterocycles. The highest BCUT2D eigenvalue weighted by Crippen LogP contribution is 2.29. The van der Waals surface area contributed by atoms with Crippen molar-refractivity contribution in [1.82, 2.24) is 5.32 Å². The van der Waals surface area contributed by atoms with E-state index in [1.165, 1.54) is 6.07 Å². The van der Waals surface area contributed by atoms with Crippen molar-refractivity contribution in [3.8, 4) is 11.5 Å². The van der Waals surface area contributed by atoms with E-state index in [0.29, 0.717) is 17.3 Å². The van der Waals surface area contributed by atoms with Crippen molar-refractivity contribution >= 4 is 11.6 Å². The van der Waals surface area contributed by atoms with Gasteiger partial charge in [-0.2, -0.15) is 0 Å². The maximum absolute atomic E-state index is 13.6. The van der Waals surface area contributed by atoms with E-state index in [2.05, 4.69) is 12.2 Å². The number of benzene rings is 2. The molecule has 0 unspecified atom stereocenters. The number of para-hydroxylation sites is 1. The lowest BCUT2D eigenvalue weighted by atomic mass is 10.2. The van der Waals surface area contributed by atoms with Gasteiger partial charge in [0.05, 0.1) is 0 Å². The van der Waals surface area contributed by atoms with Gasteiger partial charge in [0.1, 0.15) is 5.75 Å². The van der Waals surface area contributed by atoms with Crippen molar-refractivity contribution in [2.45, 2.75) is 19.9 Å². The fraction of sp³-hybridized carbons (Fsp3) is 0.250. The molecule has 0 spiro atoms. The van der Waals surface area contributed by atoms with Crippen LogP contribution in [-0.2, 0) is 6.54 Å². The molecule has 0 aliphatic rings. The van der Waals surface area contributed by atoms with Gasteiger partial charge in [-0.3, -0.25) is 0 Å². The predicted molar refractivity (Wildman–Crippen MR) is 79.9 cm³/mol. The summed E-state index contributed by atoms with van der Waals surface area (Å²) in [6.07, 6.45) is 1.05. The normalized spacial score (nSPS) is 10.6. The molecule has 0 amide bonds. The molecule has 0 saturated carbocycles. The molecule has 0 heterocycles. The van der Waals surface area contributed by atoms with Crippen molar-refractivity contribution in [1.29, 1.82) is 0 Å². The Hall–Kier alpha value is -1.58. The molecule has 0 aromatic heterocycles. The van der Waals surface area contributed by atoms with Crippen LogP contribution in [0.2, 0.25) is 5.02 Å². The summed E-state index contributed by atoms with van der Waals surface area (Å²) in [7, 11) is 0. The second-order valence-electron chi connectivity index (χ2n) is 4.46. The summed E-state index contributed by atoms with van der Waals surface area (Å²) < 4.78 is 19.3. The fourth-order valence-electron chi connectivity index (χ4n) is 1.83. The summed E-state index contributed by atoms with van der Waals surface area (Å²) in [4.78, 5) is 0. The van der Waals surface area contributed by atoms with E-state index < -0.39 is 0 Å². The van der Waals surface area contributed by atoms with Gasteiger partial charge in [-0.25, -0.2) is 4.39 Å². The summed E-state index contributed by atoms with van der Waals surface area (Å²) in [5.74, 6) is 0.449. The Kier molecular flexibility index (Phi) is 5.39. The number of hydrogen-bond acceptors (Lipinski definition) is 2. The first-order valence-corrected chi connectivity index (χ1v) is 7.00. The monoisotopic (exact) mass is 293 g/mol. The van der Waals surface area contributed by atoms with E-state index in [1.54, 1.807) is 30.3 Å². The van der Waals surface area contributed by atoms with Crippen LogP contribution in [0.25, 0.3) is 0 Å². The average molecular weight is 294 g/mol. The average Bonchev–Trinajstić information content (AvgIpc) is 2.44. The molecule has 106 valence electrons. The number of hydrogen-bond donors (Lipinski definition) is 1. The first kappa shape index (κ1) is 14.8. The van der Waals surface area contributed by atoms with Crippen LogP contribution in [0.1, 0.15) is 18.9 Å². The zero-order chi connectivity index (χ0) is 14.4. The quantitative estimate of drug-likeness (QED) is 0.775. The number of halogens is 2. The van der Waals surface area contributed by atoms with Crippen LogP contribution in [0, 0.1) is 5.82 Å². The van der Waals surface area contributed by atoms with Gasteiger partial charge in [0.15, 0.2) is 11.6 Å². The van der Waals surface area contributed by atoms with Crippen molar-refractivity contribution in [2.75, 3.05) is 6.54 Å². The van der Waals surface area contributed by atoms with Crippen LogP contribution in [-0.4, -0.2) is 6.54 Å². The summed E-state index contributed by atoms with van der Waals surface area (Å²) in [5.41, 5.74) is 0.911. The third-order valence-corrected chi connectivity index (χ3v) is 3.06. The topological polar surface area (TPSA) is 21.3 Å². The van der Waals surface area contributed by atoms with Crippen LogP contribution in [0.15, 0.2) is 42.5 Å². The van der Waals surface area contributed by atoms with Gasteiger partial charge < -0.3 is 10.1 Å². The lowest BCUT2D eigenvalue weighted by molar-refractivity contribution is 0.436. The van der Waals surface area contributed by atoms with Crippen LogP contribution < -0.4 is 10.1 Å². The molecule has 0 aliphatic heterocycles. The summed E-state index contributed by atoms with van der Waals surface area (Å²) in [6.45, 7) is 3.64. The maximum atomic E-state index is 13.6. The van der Waals surface area contributed by atoms with E-state index in [1.807, 2.05) is 6.07 Å². The Labute approximate surface area is 123 Å². The second-order valence-corrected chi connectivity index (χ2v) is 4.90. The molecule has 0 bridgehead atoms. The van der Waals surface area contributed by atoms with Crippen molar-refractivity contribution in [3.05, 3.63) is 58.9 Å². The minimum atomic E-state index is -0.380. The predicted octanol–water partition coefficient (Wildman–Crippen LogP) is 4.77. The third-order valence-electron chi connectivity index (χ3n) is 2.82. The highest BCUT2D eigenvalue weighted by molar-refractivity contribution is 6.30. The summed E-state index contributed by atoms with van der Waals surface area (Å²) in [5, 5.41) is 3.93. The van der Waals surface area contributed by atoms with Crippen LogP contribution in [0.5, 0.6) is 11.5 Å². The molecular formula is C16H17ClFNO. The SMILES string of the molecule is CCCNCc1cc(Cl)ccc1Oc1ccccc1F. The van der Waals surface area contributed by atoms with Crippen LogP contribution >= 0.6 is 11.6 Å². The summed E-state index contributed by atoms with van der Waals surface area (Å²) >= 11 is 6.01. The van der Waals surface area contributed by atoms with Gasteiger partial charge in [-0.1, -0.05) is 30.7 Å². The number of rotatable bonds is 6. The highest BCUT2D eigenvalue weighted by atomic mass is 35.5. The Morgan fingerprint density at radius 1 is 1.15 bits per heavy atom. The van der Waals surface area contributed by atoms with Gasteiger partial charge in [0.2, 0.25) is 0 Å². The van der Waals surface area contributed by atoms with Gasteiger partial charge in [0.25, 0.3) is 0 Å². The van der Waals surface area contributed by atoms with E-state index in [4.69, 9.17) is 16.3 Å². The Morgan fingerprint density at radius 3 is 2.70 bits per heavy atom. The van der Waals surface area contributed by atoms with Crippen molar-refractivity contribution < 1.29 is 9.13 Å². The van der Waals surface area contributed by atoms with Crippen molar-refractivity contribution in [3.63, 3.8) is 0 Å². The lowest BCUT2D eigenvalue weighted by Crippen LogP contribution is -2.14. The largest absolute Gasteiger partial charge is 0.454 e. The zero-order valence-electron chi connectivity index (χ0n) is 11.3. The molecule has 0 atom stereocenters. The molecule has 0 aliphatic carbocycles. The van der Waals surface area contributed by atoms with E-state index >= 15 is 0 Å². The molecular weight excluding hydrogens is 277 g/mol. The second kappa shape index (κ2) is 7.27. The Morgan fingerprint density at radius 2 is 1.95 bits per heavy atom. The first-order valence-electron chi connectivity index (χ1n) is 6.62. The van der Waals surface area contributed by atoms with E-state index in [-0.39, 0.29) is 11.6 Å². The Bertz CT molecular complexity index is 574.